The summed E-state index contributed by atoms with van der Waals surface area (Å²) in [6.07, 6.45) is 3.65. The van der Waals surface area contributed by atoms with E-state index < -0.39 is 0 Å². The van der Waals surface area contributed by atoms with Crippen molar-refractivity contribution in [2.24, 2.45) is 5.92 Å². The molecular formula is C8H10O2. The van der Waals surface area contributed by atoms with Gasteiger partial charge in [0.05, 0.1) is 12.2 Å². The lowest BCUT2D eigenvalue weighted by Crippen LogP contribution is -2.19. The largest absolute Gasteiger partial charge is 0.370 e. The molecule has 1 heterocycles. The number of Topliss-reactive ketones (excluding diaryl/α,β-unsaturated/α-hetero) is 1. The van der Waals surface area contributed by atoms with E-state index in [0.717, 1.165) is 19.3 Å². The Balaban J connectivity index is 1.94. The first-order valence-electron chi connectivity index (χ1n) is 3.72. The van der Waals surface area contributed by atoms with E-state index in [2.05, 4.69) is 0 Å². The Bertz CT molecular complexity index is 165. The maximum atomic E-state index is 10.7. The number of fused-ring (bicyclic) bond motifs is 1. The summed E-state index contributed by atoms with van der Waals surface area (Å²) in [5.41, 5.74) is 0. The Morgan fingerprint density at radius 1 is 1.40 bits per heavy atom. The second-order valence-electron chi connectivity index (χ2n) is 3.13. The van der Waals surface area contributed by atoms with Gasteiger partial charge in [0.1, 0.15) is 5.78 Å². The van der Waals surface area contributed by atoms with Gasteiger partial charge in [0, 0.05) is 12.8 Å². The lowest BCUT2D eigenvalue weighted by atomic mass is 9.87. The first-order valence-corrected chi connectivity index (χ1v) is 3.72. The fourth-order valence-corrected chi connectivity index (χ4v) is 1.66. The van der Waals surface area contributed by atoms with Gasteiger partial charge in [-0.3, -0.25) is 4.79 Å². The van der Waals surface area contributed by atoms with Crippen LogP contribution in [0.15, 0.2) is 0 Å². The second kappa shape index (κ2) is 2.06. The molecule has 54 valence electrons. The average Bonchev–Trinajstić information content (AvgIpc) is 2.63. The van der Waals surface area contributed by atoms with E-state index in [0.29, 0.717) is 12.2 Å². The van der Waals surface area contributed by atoms with Crippen LogP contribution in [-0.4, -0.2) is 18.0 Å². The van der Waals surface area contributed by atoms with E-state index in [4.69, 9.17) is 11.7 Å². The van der Waals surface area contributed by atoms with E-state index in [9.17, 15) is 4.79 Å². The van der Waals surface area contributed by atoms with Gasteiger partial charge in [-0.1, -0.05) is 0 Å². The number of carbonyl (C=O) groups is 1. The van der Waals surface area contributed by atoms with Gasteiger partial charge in [0.25, 0.3) is 0 Å². The van der Waals surface area contributed by atoms with Crippen LogP contribution < -0.4 is 0 Å². The molecule has 3 unspecified atom stereocenters. The van der Waals surface area contributed by atoms with Crippen molar-refractivity contribution >= 4 is 5.78 Å². The summed E-state index contributed by atoms with van der Waals surface area (Å²) in [7, 11) is 0. The molecule has 2 aliphatic rings. The molecule has 0 amide bonds. The highest BCUT2D eigenvalue weighted by Crippen LogP contribution is 2.39. The van der Waals surface area contributed by atoms with Crippen molar-refractivity contribution in [2.45, 2.75) is 31.5 Å². The number of epoxide rings is 1. The Morgan fingerprint density at radius 3 is 2.80 bits per heavy atom. The fourth-order valence-electron chi connectivity index (χ4n) is 1.66. The average molecular weight is 138 g/mol. The van der Waals surface area contributed by atoms with Crippen molar-refractivity contribution < 1.29 is 9.53 Å². The zero-order valence-electron chi connectivity index (χ0n) is 5.75. The maximum Gasteiger partial charge on any atom is 0.140 e. The predicted octanol–water partition coefficient (Wildman–Crippen LogP) is 0.834. The third kappa shape index (κ3) is 0.966. The molecule has 2 heteroatoms. The van der Waals surface area contributed by atoms with Crippen LogP contribution in [-0.2, 0) is 9.53 Å². The van der Waals surface area contributed by atoms with Gasteiger partial charge in [0.15, 0.2) is 0 Å². The van der Waals surface area contributed by atoms with Crippen molar-refractivity contribution in [3.8, 4) is 0 Å². The minimum Gasteiger partial charge on any atom is -0.370 e. The summed E-state index contributed by atoms with van der Waals surface area (Å²) in [5, 5.41) is 0. The number of hydrogen-bond acceptors (Lipinski definition) is 2. The topological polar surface area (TPSA) is 29.6 Å². The van der Waals surface area contributed by atoms with Gasteiger partial charge in [-0.2, -0.15) is 0 Å². The monoisotopic (exact) mass is 138 g/mol. The molecule has 1 aliphatic heterocycles. The van der Waals surface area contributed by atoms with E-state index in [-0.39, 0.29) is 11.7 Å². The summed E-state index contributed by atoms with van der Waals surface area (Å²) < 4.78 is 5.25. The molecule has 3 atom stereocenters. The second-order valence-corrected chi connectivity index (χ2v) is 3.13. The highest BCUT2D eigenvalue weighted by Gasteiger charge is 2.44. The molecule has 0 aromatic heterocycles. The molecule has 0 aromatic rings. The van der Waals surface area contributed by atoms with Gasteiger partial charge in [-0.15, -0.1) is 0 Å². The Kier molecular flexibility index (Phi) is 1.31. The zero-order valence-corrected chi connectivity index (χ0v) is 5.75. The van der Waals surface area contributed by atoms with E-state index >= 15 is 0 Å². The Morgan fingerprint density at radius 2 is 2.20 bits per heavy atom. The van der Waals surface area contributed by atoms with Crippen LogP contribution in [0.2, 0.25) is 0 Å². The van der Waals surface area contributed by atoms with Crippen molar-refractivity contribution in [3.05, 3.63) is 6.92 Å². The minimum atomic E-state index is -0.158. The normalized spacial score (nSPS) is 44.3. The minimum absolute atomic E-state index is 0.0868. The zero-order chi connectivity index (χ0) is 7.14. The van der Waals surface area contributed by atoms with Gasteiger partial charge < -0.3 is 4.74 Å². The van der Waals surface area contributed by atoms with Crippen LogP contribution >= 0.6 is 0 Å². The molecule has 0 N–H and O–H groups in total. The van der Waals surface area contributed by atoms with Gasteiger partial charge in [0.2, 0.25) is 0 Å². The van der Waals surface area contributed by atoms with Crippen molar-refractivity contribution in [2.75, 3.05) is 0 Å². The molecule has 0 aromatic carbocycles. The van der Waals surface area contributed by atoms with Crippen molar-refractivity contribution in [1.29, 1.82) is 0 Å². The van der Waals surface area contributed by atoms with Crippen LogP contribution in [0, 0.1) is 12.8 Å². The maximum absolute atomic E-state index is 10.7. The molecule has 2 radical (unpaired) electrons. The van der Waals surface area contributed by atoms with Gasteiger partial charge in [-0.05, 0) is 19.3 Å². The van der Waals surface area contributed by atoms with Crippen LogP contribution in [0.25, 0.3) is 0 Å². The lowest BCUT2D eigenvalue weighted by Gasteiger charge is -2.14. The molecule has 1 aliphatic carbocycles. The molecule has 2 fully saturated rings. The standard InChI is InChI=1S/C8H10O2/c1-5(9)6-2-3-7-8(4-6)10-7/h1,6-8H,2-4H2. The molecule has 1 saturated carbocycles. The number of ketones is 1. The van der Waals surface area contributed by atoms with Gasteiger partial charge >= 0.3 is 0 Å². The summed E-state index contributed by atoms with van der Waals surface area (Å²) in [6.45, 7) is 5.15. The number of ether oxygens (including phenoxy) is 1. The molecule has 2 rings (SSSR count). The molecule has 1 saturated heterocycles. The lowest BCUT2D eigenvalue weighted by molar-refractivity contribution is -0.119. The molecule has 10 heavy (non-hydrogen) atoms. The summed E-state index contributed by atoms with van der Waals surface area (Å²) in [6, 6.07) is 0. The van der Waals surface area contributed by atoms with E-state index in [1.807, 2.05) is 0 Å². The number of hydrogen-bond donors (Lipinski definition) is 0. The Hall–Kier alpha value is -0.370. The van der Waals surface area contributed by atoms with Crippen LogP contribution in [0.3, 0.4) is 0 Å². The molecule has 2 nitrogen and oxygen atoms in total. The SMILES string of the molecule is [CH]C(=O)C1CCC2OC2C1. The van der Waals surface area contributed by atoms with Crippen molar-refractivity contribution in [1.82, 2.24) is 0 Å². The third-order valence-electron chi connectivity index (χ3n) is 2.41. The quantitative estimate of drug-likeness (QED) is 0.502. The van der Waals surface area contributed by atoms with E-state index in [1.54, 1.807) is 0 Å². The fraction of sp³-hybridized carbons (Fsp3) is 0.750. The predicted molar refractivity (Wildman–Crippen MR) is 35.3 cm³/mol. The summed E-state index contributed by atoms with van der Waals surface area (Å²) in [4.78, 5) is 10.7. The highest BCUT2D eigenvalue weighted by atomic mass is 16.6. The van der Waals surface area contributed by atoms with Crippen LogP contribution in [0.5, 0.6) is 0 Å². The number of carbonyl (C=O) groups excluding carboxylic acids is 1. The van der Waals surface area contributed by atoms with Crippen LogP contribution in [0.1, 0.15) is 19.3 Å². The molecular weight excluding hydrogens is 128 g/mol. The molecule has 0 bridgehead atoms. The third-order valence-corrected chi connectivity index (χ3v) is 2.41. The Labute approximate surface area is 60.6 Å². The first-order chi connectivity index (χ1) is 4.77. The molecule has 0 spiro atoms. The number of rotatable bonds is 1. The first kappa shape index (κ1) is 6.35. The van der Waals surface area contributed by atoms with E-state index in [1.165, 1.54) is 0 Å². The summed E-state index contributed by atoms with van der Waals surface area (Å²) in [5.74, 6) is -0.0716. The summed E-state index contributed by atoms with van der Waals surface area (Å²) >= 11 is 0. The highest BCUT2D eigenvalue weighted by molar-refractivity contribution is 5.85. The van der Waals surface area contributed by atoms with Gasteiger partial charge in [-0.25, -0.2) is 0 Å². The smallest absolute Gasteiger partial charge is 0.140 e. The van der Waals surface area contributed by atoms with Crippen molar-refractivity contribution in [3.63, 3.8) is 0 Å². The van der Waals surface area contributed by atoms with Crippen LogP contribution in [0.4, 0.5) is 0 Å².